The van der Waals surface area contributed by atoms with Crippen LogP contribution in [0.25, 0.3) is 0 Å². The SMILES string of the molecule is CC/C=C\C/C=C\C/C=C\C/C=C\C/C=C\C/C=C\C/C=C\CCCC(=O)OC(COCCCCCCCCCCCCCCCCCCCCCCCCC)COC1OC(CO)C(O)C(OS(=O)(=O)O)C1O. The van der Waals surface area contributed by atoms with Crippen molar-refractivity contribution in [3.8, 4) is 0 Å². The molecule has 0 aliphatic carbocycles. The van der Waals surface area contributed by atoms with E-state index < -0.39 is 59.8 Å². The Hall–Kier alpha value is -2.72. The molecule has 1 heterocycles. The Morgan fingerprint density at radius 1 is 0.534 bits per heavy atom. The first-order valence-corrected chi connectivity index (χ1v) is 30.2. The molecule has 1 aliphatic rings. The lowest BCUT2D eigenvalue weighted by molar-refractivity contribution is -0.301. The zero-order chi connectivity index (χ0) is 53.1. The molecular formula is C60H104O12S. The van der Waals surface area contributed by atoms with E-state index in [0.717, 1.165) is 64.2 Å². The normalized spacial score (nSPS) is 19.5. The first-order chi connectivity index (χ1) is 35.6. The third-order valence-corrected chi connectivity index (χ3v) is 13.2. The van der Waals surface area contributed by atoms with Gasteiger partial charge in [0.2, 0.25) is 0 Å². The van der Waals surface area contributed by atoms with Gasteiger partial charge in [0.1, 0.15) is 30.5 Å². The summed E-state index contributed by atoms with van der Waals surface area (Å²) in [6.07, 6.45) is 59.2. The second-order valence-electron chi connectivity index (χ2n) is 19.5. The van der Waals surface area contributed by atoms with Gasteiger partial charge in [-0.1, -0.05) is 240 Å². The second kappa shape index (κ2) is 50.1. The highest BCUT2D eigenvalue weighted by molar-refractivity contribution is 7.80. The summed E-state index contributed by atoms with van der Waals surface area (Å²) in [6, 6.07) is 0. The minimum Gasteiger partial charge on any atom is -0.457 e. The fraction of sp³-hybridized carbons (Fsp3) is 0.750. The number of hydrogen-bond donors (Lipinski definition) is 4. The highest BCUT2D eigenvalue weighted by Crippen LogP contribution is 2.26. The molecule has 1 fully saturated rings. The smallest absolute Gasteiger partial charge is 0.397 e. The molecule has 0 aromatic heterocycles. The topological polar surface area (TPSA) is 178 Å². The van der Waals surface area contributed by atoms with Gasteiger partial charge in [-0.2, -0.15) is 8.42 Å². The predicted octanol–water partition coefficient (Wildman–Crippen LogP) is 14.4. The number of esters is 1. The van der Waals surface area contributed by atoms with Crippen molar-refractivity contribution >= 4 is 16.4 Å². The summed E-state index contributed by atoms with van der Waals surface area (Å²) in [5.41, 5.74) is 0. The number of aliphatic hydroxyl groups is 3. The Morgan fingerprint density at radius 3 is 1.33 bits per heavy atom. The number of rotatable bonds is 50. The van der Waals surface area contributed by atoms with Crippen molar-refractivity contribution in [2.75, 3.05) is 26.4 Å². The van der Waals surface area contributed by atoms with E-state index in [1.165, 1.54) is 128 Å². The summed E-state index contributed by atoms with van der Waals surface area (Å²) in [5.74, 6) is -0.455. The molecular weight excluding hydrogens is 945 g/mol. The number of allylic oxidation sites excluding steroid dienone is 14. The molecule has 73 heavy (non-hydrogen) atoms. The summed E-state index contributed by atoms with van der Waals surface area (Å²) in [4.78, 5) is 12.9. The van der Waals surface area contributed by atoms with Gasteiger partial charge < -0.3 is 34.3 Å². The van der Waals surface area contributed by atoms with E-state index >= 15 is 0 Å². The third-order valence-electron chi connectivity index (χ3n) is 12.8. The molecule has 422 valence electrons. The molecule has 13 heteroatoms. The molecule has 12 nitrogen and oxygen atoms in total. The summed E-state index contributed by atoms with van der Waals surface area (Å²) in [5, 5.41) is 30.8. The molecule has 1 aliphatic heterocycles. The van der Waals surface area contributed by atoms with Crippen LogP contribution in [0, 0.1) is 0 Å². The van der Waals surface area contributed by atoms with Crippen molar-refractivity contribution in [1.29, 1.82) is 0 Å². The van der Waals surface area contributed by atoms with Crippen molar-refractivity contribution in [2.45, 2.75) is 263 Å². The van der Waals surface area contributed by atoms with Gasteiger partial charge in [0, 0.05) is 13.0 Å². The molecule has 4 N–H and O–H groups in total. The van der Waals surface area contributed by atoms with Gasteiger partial charge in [0.05, 0.1) is 19.8 Å². The average molecular weight is 1050 g/mol. The minimum absolute atomic E-state index is 0.0106. The van der Waals surface area contributed by atoms with E-state index in [1.54, 1.807) is 0 Å². The molecule has 0 spiro atoms. The number of ether oxygens (including phenoxy) is 4. The molecule has 0 radical (unpaired) electrons. The summed E-state index contributed by atoms with van der Waals surface area (Å²) in [7, 11) is -5.08. The highest BCUT2D eigenvalue weighted by atomic mass is 32.3. The van der Waals surface area contributed by atoms with E-state index in [9.17, 15) is 33.1 Å². The molecule has 0 amide bonds. The number of hydrogen-bond acceptors (Lipinski definition) is 11. The standard InChI is InChI=1S/C60H104O12S/c1-3-5-7-9-11-13-15-17-19-21-23-25-27-29-31-33-35-37-39-41-43-45-47-49-56(62)70-54(53-69-60-58(64)59(72-73(65,66)67)57(63)55(51-61)71-60)52-68-50-48-46-44-42-40-38-36-34-32-30-28-26-24-22-20-18-16-14-12-10-8-6-4-2/h5,7,11,13,17,19,23,25,29,31,35,37,41,43,54-55,57-61,63-64H,3-4,6,8-10,12,14-16,18,20-22,24,26-28,30,32-34,36,38-40,42,44-53H2,1-2H3,(H,65,66,67)/b7-5-,13-11-,19-17-,25-23-,31-29-,37-35-,43-41-. The Labute approximate surface area is 444 Å². The zero-order valence-electron chi connectivity index (χ0n) is 45.7. The van der Waals surface area contributed by atoms with Gasteiger partial charge >= 0.3 is 16.4 Å². The van der Waals surface area contributed by atoms with Crippen molar-refractivity contribution < 1.29 is 56.2 Å². The van der Waals surface area contributed by atoms with Crippen molar-refractivity contribution in [1.82, 2.24) is 0 Å². The Bertz CT molecular complexity index is 1590. The zero-order valence-corrected chi connectivity index (χ0v) is 46.5. The maximum atomic E-state index is 12.9. The summed E-state index contributed by atoms with van der Waals surface area (Å²) >= 11 is 0. The van der Waals surface area contributed by atoms with Crippen LogP contribution in [0.5, 0.6) is 0 Å². The molecule has 0 aromatic rings. The van der Waals surface area contributed by atoms with Crippen LogP contribution in [0.2, 0.25) is 0 Å². The van der Waals surface area contributed by atoms with Crippen molar-refractivity contribution in [3.63, 3.8) is 0 Å². The van der Waals surface area contributed by atoms with Gasteiger partial charge in [-0.05, 0) is 64.2 Å². The molecule has 1 rings (SSSR count). The second-order valence-corrected chi connectivity index (χ2v) is 20.6. The van der Waals surface area contributed by atoms with E-state index in [4.69, 9.17) is 18.9 Å². The van der Waals surface area contributed by atoms with Crippen LogP contribution in [0.4, 0.5) is 0 Å². The van der Waals surface area contributed by atoms with E-state index in [1.807, 2.05) is 6.08 Å². The van der Waals surface area contributed by atoms with E-state index in [2.05, 4.69) is 97.0 Å². The first kappa shape index (κ1) is 68.3. The van der Waals surface area contributed by atoms with E-state index in [0.29, 0.717) is 19.4 Å². The fourth-order valence-corrected chi connectivity index (χ4v) is 9.00. The number of carbonyl (C=O) groups is 1. The number of unbranched alkanes of at least 4 members (excludes halogenated alkanes) is 23. The Kier molecular flexibility index (Phi) is 46.9. The van der Waals surface area contributed by atoms with Crippen molar-refractivity contribution in [3.05, 3.63) is 85.1 Å². The molecule has 0 saturated carbocycles. The summed E-state index contributed by atoms with van der Waals surface area (Å²) in [6.45, 7) is 3.84. The molecule has 6 unspecified atom stereocenters. The van der Waals surface area contributed by atoms with Gasteiger partial charge in [-0.25, -0.2) is 4.18 Å². The number of carbonyl (C=O) groups excluding carboxylic acids is 1. The lowest BCUT2D eigenvalue weighted by Gasteiger charge is -2.41. The maximum absolute atomic E-state index is 12.9. The monoisotopic (exact) mass is 1050 g/mol. The average Bonchev–Trinajstić information content (AvgIpc) is 3.37. The fourth-order valence-electron chi connectivity index (χ4n) is 8.49. The highest BCUT2D eigenvalue weighted by Gasteiger charge is 2.48. The molecule has 0 bridgehead atoms. The minimum atomic E-state index is -5.08. The van der Waals surface area contributed by atoms with Crippen LogP contribution in [0.15, 0.2) is 85.1 Å². The third kappa shape index (κ3) is 43.1. The Morgan fingerprint density at radius 2 is 0.932 bits per heavy atom. The molecule has 1 saturated heterocycles. The van der Waals surface area contributed by atoms with Gasteiger partial charge in [-0.15, -0.1) is 0 Å². The lowest BCUT2D eigenvalue weighted by atomic mass is 9.99. The number of aliphatic hydroxyl groups excluding tert-OH is 3. The molecule has 6 atom stereocenters. The van der Waals surface area contributed by atoms with Crippen LogP contribution in [0.3, 0.4) is 0 Å². The van der Waals surface area contributed by atoms with E-state index in [-0.39, 0.29) is 19.6 Å². The van der Waals surface area contributed by atoms with Gasteiger partial charge in [0.25, 0.3) is 0 Å². The first-order valence-electron chi connectivity index (χ1n) is 28.8. The van der Waals surface area contributed by atoms with Crippen LogP contribution >= 0.6 is 0 Å². The van der Waals surface area contributed by atoms with Gasteiger partial charge in [-0.3, -0.25) is 9.35 Å². The predicted molar refractivity (Wildman–Crippen MR) is 299 cm³/mol. The van der Waals surface area contributed by atoms with Gasteiger partial charge in [0.15, 0.2) is 6.29 Å². The van der Waals surface area contributed by atoms with Crippen molar-refractivity contribution in [2.24, 2.45) is 0 Å². The maximum Gasteiger partial charge on any atom is 0.397 e. The van der Waals surface area contributed by atoms with Crippen LogP contribution in [0.1, 0.15) is 226 Å². The quantitative estimate of drug-likeness (QED) is 0.0196. The lowest BCUT2D eigenvalue weighted by Crippen LogP contribution is -2.60. The van der Waals surface area contributed by atoms with Crippen LogP contribution < -0.4 is 0 Å². The van der Waals surface area contributed by atoms with Crippen LogP contribution in [-0.4, -0.2) is 97.5 Å². The Balaban J connectivity index is 2.35. The largest absolute Gasteiger partial charge is 0.457 e. The van der Waals surface area contributed by atoms with Crippen LogP contribution in [-0.2, 0) is 38.3 Å². The summed E-state index contributed by atoms with van der Waals surface area (Å²) < 4.78 is 59.4. The molecule has 0 aromatic carbocycles.